The third-order valence-electron chi connectivity index (χ3n) is 0.759. The summed E-state index contributed by atoms with van der Waals surface area (Å²) in [6.45, 7) is -0.00264. The molecule has 0 aromatic carbocycles. The van der Waals surface area contributed by atoms with Crippen molar-refractivity contribution in [1.29, 1.82) is 0 Å². The van der Waals surface area contributed by atoms with Gasteiger partial charge in [-0.1, -0.05) is 0 Å². The minimum absolute atomic E-state index is 0.00264. The number of alkyl halides is 4. The molecule has 0 aliphatic rings. The van der Waals surface area contributed by atoms with Gasteiger partial charge < -0.3 is 0 Å². The highest BCUT2D eigenvalue weighted by Gasteiger charge is 2.52. The smallest absolute Gasteiger partial charge is 0.284 e. The first-order valence-electron chi connectivity index (χ1n) is 2.21. The molecule has 0 rings (SSSR count). The van der Waals surface area contributed by atoms with Crippen LogP contribution >= 0.6 is 0 Å². The van der Waals surface area contributed by atoms with E-state index in [9.17, 15) is 22.4 Å². The summed E-state index contributed by atoms with van der Waals surface area (Å²) in [5, 5.41) is 0.573. The number of nitrogens with one attached hydrogen (secondary N) is 1. The standard InChI is InChI=1S/C4H4F4NO/c1-3(5,6)4(7,8)9-2-10/h1H3,(H,9,10). The van der Waals surface area contributed by atoms with Crippen molar-refractivity contribution in [3.63, 3.8) is 0 Å². The van der Waals surface area contributed by atoms with Crippen molar-refractivity contribution < 1.29 is 22.4 Å². The molecule has 0 atom stereocenters. The summed E-state index contributed by atoms with van der Waals surface area (Å²) in [6.07, 6.45) is 0.485. The lowest BCUT2D eigenvalue weighted by molar-refractivity contribution is -0.206. The molecule has 0 fully saturated rings. The van der Waals surface area contributed by atoms with Crippen molar-refractivity contribution in [2.24, 2.45) is 0 Å². The monoisotopic (exact) mass is 158 g/mol. The maximum absolute atomic E-state index is 11.8. The van der Waals surface area contributed by atoms with E-state index in [1.54, 1.807) is 0 Å². The first-order chi connectivity index (χ1) is 4.31. The van der Waals surface area contributed by atoms with Gasteiger partial charge in [0, 0.05) is 6.92 Å². The Bertz CT molecular complexity index is 130. The Morgan fingerprint density at radius 2 is 1.70 bits per heavy atom. The topological polar surface area (TPSA) is 29.1 Å². The van der Waals surface area contributed by atoms with Gasteiger partial charge in [0.15, 0.2) is 0 Å². The van der Waals surface area contributed by atoms with Gasteiger partial charge in [0.1, 0.15) is 0 Å². The number of rotatable bonds is 3. The Morgan fingerprint density at radius 3 is 1.80 bits per heavy atom. The normalized spacial score (nSPS) is 12.9. The van der Waals surface area contributed by atoms with Crippen LogP contribution in [0.5, 0.6) is 0 Å². The molecule has 0 saturated heterocycles. The van der Waals surface area contributed by atoms with Crippen LogP contribution < -0.4 is 5.32 Å². The van der Waals surface area contributed by atoms with Crippen LogP contribution in [0.25, 0.3) is 0 Å². The fraction of sp³-hybridized carbons (Fsp3) is 0.750. The summed E-state index contributed by atoms with van der Waals surface area (Å²) in [5.41, 5.74) is 0. The van der Waals surface area contributed by atoms with E-state index in [0.29, 0.717) is 11.7 Å². The van der Waals surface area contributed by atoms with Gasteiger partial charge in [0.05, 0.1) is 0 Å². The van der Waals surface area contributed by atoms with Gasteiger partial charge >= 0.3 is 18.4 Å². The molecule has 1 radical (unpaired) electrons. The van der Waals surface area contributed by atoms with Gasteiger partial charge in [-0.15, -0.1) is 0 Å². The number of amides is 1. The predicted octanol–water partition coefficient (Wildman–Crippen LogP) is 0.891. The summed E-state index contributed by atoms with van der Waals surface area (Å²) in [7, 11) is 0. The lowest BCUT2D eigenvalue weighted by Gasteiger charge is -2.20. The predicted molar refractivity (Wildman–Crippen MR) is 24.4 cm³/mol. The van der Waals surface area contributed by atoms with Gasteiger partial charge in [-0.05, 0) is 0 Å². The number of halogens is 4. The van der Waals surface area contributed by atoms with Crippen LogP contribution in [0.3, 0.4) is 0 Å². The minimum Gasteiger partial charge on any atom is -0.284 e. The van der Waals surface area contributed by atoms with Crippen molar-refractivity contribution in [3.8, 4) is 0 Å². The Balaban J connectivity index is 4.23. The molecule has 0 unspecified atom stereocenters. The highest BCUT2D eigenvalue weighted by atomic mass is 19.3. The first-order valence-corrected chi connectivity index (χ1v) is 2.21. The van der Waals surface area contributed by atoms with Crippen LogP contribution in [0.15, 0.2) is 0 Å². The highest BCUT2D eigenvalue weighted by molar-refractivity contribution is 5.48. The Labute approximate surface area is 54.2 Å². The number of hydrogen-bond acceptors (Lipinski definition) is 1. The van der Waals surface area contributed by atoms with Gasteiger partial charge in [-0.25, -0.2) is 0 Å². The second-order valence-corrected chi connectivity index (χ2v) is 1.69. The van der Waals surface area contributed by atoms with Gasteiger partial charge in [0.25, 0.3) is 0 Å². The summed E-state index contributed by atoms with van der Waals surface area (Å²) in [6, 6.07) is -4.52. The zero-order chi connectivity index (χ0) is 8.41. The van der Waals surface area contributed by atoms with Crippen LogP contribution in [0.4, 0.5) is 17.6 Å². The lowest BCUT2D eigenvalue weighted by atomic mass is 10.3. The Morgan fingerprint density at radius 1 is 1.30 bits per heavy atom. The summed E-state index contributed by atoms with van der Waals surface area (Å²) in [4.78, 5) is 9.22. The molecular weight excluding hydrogens is 154 g/mol. The molecule has 0 aromatic rings. The Kier molecular flexibility index (Phi) is 2.24. The van der Waals surface area contributed by atoms with Crippen molar-refractivity contribution in [2.45, 2.75) is 18.9 Å². The molecule has 0 aliphatic heterocycles. The largest absolute Gasteiger partial charge is 0.388 e. The molecule has 0 heterocycles. The van der Waals surface area contributed by atoms with Crippen molar-refractivity contribution in [1.82, 2.24) is 5.32 Å². The van der Waals surface area contributed by atoms with Crippen LogP contribution in [-0.4, -0.2) is 18.4 Å². The average molecular weight is 158 g/mol. The minimum atomic E-state index is -4.52. The molecule has 0 bridgehead atoms. The van der Waals surface area contributed by atoms with Gasteiger partial charge in [0.2, 0.25) is 0 Å². The van der Waals surface area contributed by atoms with Gasteiger partial charge in [-0.2, -0.15) is 17.6 Å². The summed E-state index contributed by atoms with van der Waals surface area (Å²) in [5.74, 6) is -4.26. The molecule has 2 nitrogen and oxygen atoms in total. The third-order valence-corrected chi connectivity index (χ3v) is 0.759. The average Bonchev–Trinajstić information content (AvgIpc) is 1.61. The molecule has 59 valence electrons. The zero-order valence-electron chi connectivity index (χ0n) is 4.92. The van der Waals surface area contributed by atoms with E-state index in [1.807, 2.05) is 0 Å². The molecule has 10 heavy (non-hydrogen) atoms. The molecular formula is C4H4F4NO. The fourth-order valence-corrected chi connectivity index (χ4v) is 0.174. The van der Waals surface area contributed by atoms with E-state index < -0.39 is 12.0 Å². The fourth-order valence-electron chi connectivity index (χ4n) is 0.174. The molecule has 0 spiro atoms. The summed E-state index contributed by atoms with van der Waals surface area (Å²) < 4.78 is 47.0. The van der Waals surface area contributed by atoms with E-state index in [0.717, 1.165) is 0 Å². The lowest BCUT2D eigenvalue weighted by Crippen LogP contribution is -2.49. The van der Waals surface area contributed by atoms with Crippen molar-refractivity contribution in [3.05, 3.63) is 0 Å². The van der Waals surface area contributed by atoms with Crippen LogP contribution in [0.1, 0.15) is 6.92 Å². The Hall–Kier alpha value is -0.810. The molecule has 0 saturated carbocycles. The second kappa shape index (κ2) is 2.43. The van der Waals surface area contributed by atoms with E-state index >= 15 is 0 Å². The van der Waals surface area contributed by atoms with E-state index in [4.69, 9.17) is 0 Å². The van der Waals surface area contributed by atoms with E-state index in [1.165, 1.54) is 0 Å². The SMILES string of the molecule is CC(F)(F)C(F)(F)N[C]=O. The maximum Gasteiger partial charge on any atom is 0.388 e. The second-order valence-electron chi connectivity index (χ2n) is 1.69. The molecule has 0 aromatic heterocycles. The number of carbonyl (C=O) groups excluding carboxylic acids is 1. The number of hydrogen-bond donors (Lipinski definition) is 1. The van der Waals surface area contributed by atoms with Crippen LogP contribution in [0.2, 0.25) is 0 Å². The third kappa shape index (κ3) is 1.85. The van der Waals surface area contributed by atoms with Crippen LogP contribution in [-0.2, 0) is 4.79 Å². The molecule has 0 aliphatic carbocycles. The quantitative estimate of drug-likeness (QED) is 0.369. The van der Waals surface area contributed by atoms with E-state index in [-0.39, 0.29) is 6.92 Å². The molecule has 1 N–H and O–H groups in total. The maximum atomic E-state index is 11.8. The van der Waals surface area contributed by atoms with Gasteiger partial charge in [-0.3, -0.25) is 10.1 Å². The first kappa shape index (κ1) is 9.19. The molecule has 1 amide bonds. The zero-order valence-corrected chi connectivity index (χ0v) is 4.92. The summed E-state index contributed by atoms with van der Waals surface area (Å²) >= 11 is 0. The molecule has 6 heteroatoms. The highest BCUT2D eigenvalue weighted by Crippen LogP contribution is 2.30. The van der Waals surface area contributed by atoms with Crippen molar-refractivity contribution >= 4 is 6.41 Å². The van der Waals surface area contributed by atoms with E-state index in [2.05, 4.69) is 0 Å². The van der Waals surface area contributed by atoms with Crippen molar-refractivity contribution in [2.75, 3.05) is 0 Å². The van der Waals surface area contributed by atoms with Crippen LogP contribution in [0, 0.1) is 0 Å².